The Morgan fingerprint density at radius 1 is 1.03 bits per heavy atom. The van der Waals surface area contributed by atoms with Gasteiger partial charge in [0.05, 0.1) is 34.0 Å². The summed E-state index contributed by atoms with van der Waals surface area (Å²) in [5, 5.41) is 6.04. The van der Waals surface area contributed by atoms with E-state index < -0.39 is 0 Å². The molecule has 0 radical (unpaired) electrons. The lowest BCUT2D eigenvalue weighted by Crippen LogP contribution is -2.39. The molecule has 33 heavy (non-hydrogen) atoms. The highest BCUT2D eigenvalue weighted by atomic mass is 16.7. The quantitative estimate of drug-likeness (QED) is 0.482. The second kappa shape index (κ2) is 10.9. The van der Waals surface area contributed by atoms with Crippen LogP contribution in [-0.4, -0.2) is 77.2 Å². The second-order valence-electron chi connectivity index (χ2n) is 7.43. The standard InChI is InChI=1S/C23H28N4O6/c1-29-18-11-16(12-19(14-18)30-2)22(28)26-23(24-5-6-27-7-9-31-10-8-27)25-17-3-4-20-21(13-17)33-15-32-20/h3-4,11-14H,5-10,15H2,1-2H3,(H2,24,25,26,28). The maximum absolute atomic E-state index is 13.0. The van der Waals surface area contributed by atoms with Crippen LogP contribution in [-0.2, 0) is 4.74 Å². The van der Waals surface area contributed by atoms with Crippen molar-refractivity contribution in [3.8, 4) is 23.0 Å². The highest BCUT2D eigenvalue weighted by Crippen LogP contribution is 2.34. The summed E-state index contributed by atoms with van der Waals surface area (Å²) in [4.78, 5) is 19.9. The van der Waals surface area contributed by atoms with Gasteiger partial charge in [0.15, 0.2) is 11.5 Å². The maximum Gasteiger partial charge on any atom is 0.258 e. The molecule has 0 bridgehead atoms. The minimum Gasteiger partial charge on any atom is -0.497 e. The molecule has 2 aliphatic rings. The topological polar surface area (TPSA) is 103 Å². The van der Waals surface area contributed by atoms with Crippen molar-refractivity contribution in [1.82, 2.24) is 10.2 Å². The van der Waals surface area contributed by atoms with E-state index in [4.69, 9.17) is 23.7 Å². The summed E-state index contributed by atoms with van der Waals surface area (Å²) < 4.78 is 26.8. The number of carbonyl (C=O) groups excluding carboxylic acids is 1. The normalized spacial score (nSPS) is 15.8. The van der Waals surface area contributed by atoms with E-state index in [9.17, 15) is 4.79 Å². The molecule has 2 heterocycles. The number of guanidine groups is 1. The molecule has 0 aromatic heterocycles. The molecular weight excluding hydrogens is 428 g/mol. The van der Waals surface area contributed by atoms with Gasteiger partial charge >= 0.3 is 0 Å². The Bertz CT molecular complexity index is 984. The van der Waals surface area contributed by atoms with Crippen molar-refractivity contribution in [2.75, 3.05) is 65.7 Å². The molecule has 0 saturated carbocycles. The van der Waals surface area contributed by atoms with Crippen molar-refractivity contribution >= 4 is 17.6 Å². The lowest BCUT2D eigenvalue weighted by Gasteiger charge is -2.25. The van der Waals surface area contributed by atoms with Crippen LogP contribution in [0.3, 0.4) is 0 Å². The van der Waals surface area contributed by atoms with Crippen molar-refractivity contribution in [3.63, 3.8) is 0 Å². The first-order valence-corrected chi connectivity index (χ1v) is 10.7. The van der Waals surface area contributed by atoms with Gasteiger partial charge in [0.25, 0.3) is 5.91 Å². The Hall–Kier alpha value is -3.50. The highest BCUT2D eigenvalue weighted by Gasteiger charge is 2.16. The number of aliphatic imine (C=N–C) groups is 1. The summed E-state index contributed by atoms with van der Waals surface area (Å²) in [7, 11) is 3.08. The zero-order valence-corrected chi connectivity index (χ0v) is 18.8. The molecule has 2 aromatic carbocycles. The van der Waals surface area contributed by atoms with E-state index in [1.54, 1.807) is 24.3 Å². The fourth-order valence-corrected chi connectivity index (χ4v) is 3.47. The molecular formula is C23H28N4O6. The first-order chi connectivity index (χ1) is 16.1. The third-order valence-corrected chi connectivity index (χ3v) is 5.27. The molecule has 0 atom stereocenters. The molecule has 10 heteroatoms. The van der Waals surface area contributed by atoms with Crippen LogP contribution in [0.5, 0.6) is 23.0 Å². The molecule has 0 spiro atoms. The molecule has 2 aliphatic heterocycles. The van der Waals surface area contributed by atoms with Crippen molar-refractivity contribution in [2.24, 2.45) is 4.99 Å². The smallest absolute Gasteiger partial charge is 0.258 e. The van der Waals surface area contributed by atoms with E-state index in [1.165, 1.54) is 14.2 Å². The van der Waals surface area contributed by atoms with Gasteiger partial charge in [-0.2, -0.15) is 0 Å². The summed E-state index contributed by atoms with van der Waals surface area (Å²) in [6, 6.07) is 10.4. The number of nitrogens with one attached hydrogen (secondary N) is 2. The van der Waals surface area contributed by atoms with E-state index in [2.05, 4.69) is 20.5 Å². The predicted molar refractivity (Wildman–Crippen MR) is 123 cm³/mol. The van der Waals surface area contributed by atoms with Crippen molar-refractivity contribution < 1.29 is 28.5 Å². The number of benzene rings is 2. The van der Waals surface area contributed by atoms with Gasteiger partial charge in [-0.15, -0.1) is 0 Å². The molecule has 1 fully saturated rings. The first kappa shape index (κ1) is 22.7. The SMILES string of the molecule is COc1cc(OC)cc(C(=O)NC(=NCCN2CCOCC2)Nc2ccc3c(c2)OCO3)c1. The third-order valence-electron chi connectivity index (χ3n) is 5.27. The van der Waals surface area contributed by atoms with Gasteiger partial charge < -0.3 is 29.0 Å². The fourth-order valence-electron chi connectivity index (χ4n) is 3.47. The van der Waals surface area contributed by atoms with E-state index >= 15 is 0 Å². The van der Waals surface area contributed by atoms with Crippen LogP contribution in [0.1, 0.15) is 10.4 Å². The molecule has 0 unspecified atom stereocenters. The summed E-state index contributed by atoms with van der Waals surface area (Å²) in [6.45, 7) is 4.65. The number of hydrogen-bond acceptors (Lipinski definition) is 8. The summed E-state index contributed by atoms with van der Waals surface area (Å²) in [6.07, 6.45) is 0. The number of carbonyl (C=O) groups is 1. The van der Waals surface area contributed by atoms with Gasteiger partial charge in [-0.05, 0) is 24.3 Å². The largest absolute Gasteiger partial charge is 0.497 e. The Morgan fingerprint density at radius 3 is 2.48 bits per heavy atom. The minimum atomic E-state index is -0.342. The van der Waals surface area contributed by atoms with Gasteiger partial charge in [-0.25, -0.2) is 0 Å². The van der Waals surface area contributed by atoms with Crippen LogP contribution in [0.2, 0.25) is 0 Å². The molecule has 176 valence electrons. The molecule has 4 rings (SSSR count). The van der Waals surface area contributed by atoms with Crippen LogP contribution >= 0.6 is 0 Å². The fraction of sp³-hybridized carbons (Fsp3) is 0.391. The van der Waals surface area contributed by atoms with Crippen molar-refractivity contribution in [2.45, 2.75) is 0 Å². The Balaban J connectivity index is 1.50. The number of hydrogen-bond donors (Lipinski definition) is 2. The number of methoxy groups -OCH3 is 2. The number of amides is 1. The van der Waals surface area contributed by atoms with Crippen LogP contribution in [0, 0.1) is 0 Å². The number of anilines is 1. The molecule has 0 aliphatic carbocycles. The Morgan fingerprint density at radius 2 is 1.76 bits per heavy atom. The zero-order valence-electron chi connectivity index (χ0n) is 18.8. The van der Waals surface area contributed by atoms with Crippen molar-refractivity contribution in [1.29, 1.82) is 0 Å². The number of fused-ring (bicyclic) bond motifs is 1. The Kier molecular flexibility index (Phi) is 7.48. The molecule has 2 aromatic rings. The van der Waals surface area contributed by atoms with Crippen LogP contribution in [0.4, 0.5) is 5.69 Å². The maximum atomic E-state index is 13.0. The average molecular weight is 456 g/mol. The van der Waals surface area contributed by atoms with Gasteiger partial charge in [0.2, 0.25) is 12.8 Å². The second-order valence-corrected chi connectivity index (χ2v) is 7.43. The number of nitrogens with zero attached hydrogens (tertiary/aromatic N) is 2. The van der Waals surface area contributed by atoms with Gasteiger partial charge in [-0.3, -0.25) is 20.0 Å². The summed E-state index contributed by atoms with van der Waals surface area (Å²) >= 11 is 0. The number of morpholine rings is 1. The van der Waals surface area contributed by atoms with Crippen LogP contribution in [0.15, 0.2) is 41.4 Å². The summed E-state index contributed by atoms with van der Waals surface area (Å²) in [5.74, 6) is 2.35. The number of rotatable bonds is 7. The molecule has 1 amide bonds. The zero-order chi connectivity index (χ0) is 23.0. The van der Waals surface area contributed by atoms with E-state index in [-0.39, 0.29) is 12.7 Å². The highest BCUT2D eigenvalue weighted by molar-refractivity contribution is 6.10. The molecule has 2 N–H and O–H groups in total. The van der Waals surface area contributed by atoms with Gasteiger partial charge in [0.1, 0.15) is 11.5 Å². The van der Waals surface area contributed by atoms with E-state index in [0.717, 1.165) is 32.8 Å². The van der Waals surface area contributed by atoms with Crippen LogP contribution < -0.4 is 29.6 Å². The Labute approximate surface area is 192 Å². The molecule has 1 saturated heterocycles. The van der Waals surface area contributed by atoms with E-state index in [1.807, 2.05) is 12.1 Å². The van der Waals surface area contributed by atoms with E-state index in [0.29, 0.717) is 46.8 Å². The van der Waals surface area contributed by atoms with Crippen molar-refractivity contribution in [3.05, 3.63) is 42.0 Å². The lowest BCUT2D eigenvalue weighted by molar-refractivity contribution is 0.0394. The number of ether oxygens (including phenoxy) is 5. The molecule has 10 nitrogen and oxygen atoms in total. The third kappa shape index (κ3) is 6.05. The summed E-state index contributed by atoms with van der Waals surface area (Å²) in [5.41, 5.74) is 1.10. The minimum absolute atomic E-state index is 0.188. The first-order valence-electron chi connectivity index (χ1n) is 10.7. The predicted octanol–water partition coefficient (Wildman–Crippen LogP) is 1.96. The monoisotopic (exact) mass is 456 g/mol. The average Bonchev–Trinajstić information content (AvgIpc) is 3.32. The van der Waals surface area contributed by atoms with Gasteiger partial charge in [-0.1, -0.05) is 0 Å². The lowest BCUT2D eigenvalue weighted by atomic mass is 10.2. The van der Waals surface area contributed by atoms with Crippen LogP contribution in [0.25, 0.3) is 0 Å². The van der Waals surface area contributed by atoms with Gasteiger partial charge in [0, 0.05) is 43.0 Å².